The number of aromatic amines is 1. The van der Waals surface area contributed by atoms with Crippen molar-refractivity contribution in [2.75, 3.05) is 18.5 Å². The Morgan fingerprint density at radius 3 is 2.59 bits per heavy atom. The Balaban J connectivity index is 1.53. The van der Waals surface area contributed by atoms with E-state index < -0.39 is 0 Å². The summed E-state index contributed by atoms with van der Waals surface area (Å²) >= 11 is 0. The van der Waals surface area contributed by atoms with Gasteiger partial charge in [-0.1, -0.05) is 12.1 Å². The summed E-state index contributed by atoms with van der Waals surface area (Å²) in [5, 5.41) is 3.58. The van der Waals surface area contributed by atoms with Crippen LogP contribution in [0.25, 0.3) is 33.3 Å². The number of aryl methyl sites for hydroxylation is 1. The third-order valence-corrected chi connectivity index (χ3v) is 6.03. The quantitative estimate of drug-likeness (QED) is 0.515. The van der Waals surface area contributed by atoms with Crippen molar-refractivity contribution < 1.29 is 9.59 Å². The molecule has 0 unspecified atom stereocenters. The van der Waals surface area contributed by atoms with Crippen LogP contribution in [0.3, 0.4) is 0 Å². The molecule has 1 aliphatic rings. The molecule has 0 radical (unpaired) electrons. The monoisotopic (exact) mass is 425 g/mol. The van der Waals surface area contributed by atoms with E-state index in [1.54, 1.807) is 13.2 Å². The standard InChI is InChI=1S/C25H23N5O2/c1-15-22-20(9-10-28-24(22)29-23(15)25(32)26-2)18-12-17(13-27-14-18)16-5-7-19(8-6-16)30-11-3-4-21(30)31/h5-10,12-14H,3-4,11H2,1-2H3,(H,26,32)(H,28,29). The van der Waals surface area contributed by atoms with Crippen molar-refractivity contribution in [2.24, 2.45) is 0 Å². The summed E-state index contributed by atoms with van der Waals surface area (Å²) in [4.78, 5) is 38.1. The molecule has 1 aromatic carbocycles. The number of hydrogen-bond acceptors (Lipinski definition) is 4. The minimum Gasteiger partial charge on any atom is -0.354 e. The molecule has 3 aromatic heterocycles. The average Bonchev–Trinajstić information content (AvgIpc) is 3.42. The van der Waals surface area contributed by atoms with Gasteiger partial charge in [0.25, 0.3) is 5.91 Å². The highest BCUT2D eigenvalue weighted by molar-refractivity contribution is 6.04. The number of amides is 2. The zero-order valence-corrected chi connectivity index (χ0v) is 18.0. The lowest BCUT2D eigenvalue weighted by molar-refractivity contribution is -0.117. The molecule has 2 N–H and O–H groups in total. The van der Waals surface area contributed by atoms with Gasteiger partial charge in [0.2, 0.25) is 5.91 Å². The van der Waals surface area contributed by atoms with E-state index >= 15 is 0 Å². The molecule has 0 bridgehead atoms. The van der Waals surface area contributed by atoms with Crippen LogP contribution in [0.2, 0.25) is 0 Å². The van der Waals surface area contributed by atoms with Gasteiger partial charge < -0.3 is 15.2 Å². The van der Waals surface area contributed by atoms with Gasteiger partial charge in [0.15, 0.2) is 0 Å². The summed E-state index contributed by atoms with van der Waals surface area (Å²) in [7, 11) is 1.61. The first-order chi connectivity index (χ1) is 15.6. The van der Waals surface area contributed by atoms with Crippen molar-refractivity contribution in [3.05, 3.63) is 66.2 Å². The van der Waals surface area contributed by atoms with Gasteiger partial charge in [0, 0.05) is 60.8 Å². The van der Waals surface area contributed by atoms with E-state index in [4.69, 9.17) is 0 Å². The summed E-state index contributed by atoms with van der Waals surface area (Å²) in [6.07, 6.45) is 6.91. The fourth-order valence-electron chi connectivity index (χ4n) is 4.37. The number of benzene rings is 1. The van der Waals surface area contributed by atoms with Crippen LogP contribution >= 0.6 is 0 Å². The first-order valence-electron chi connectivity index (χ1n) is 10.6. The van der Waals surface area contributed by atoms with Crippen LogP contribution in [-0.4, -0.2) is 40.4 Å². The Kier molecular flexibility index (Phi) is 4.93. The van der Waals surface area contributed by atoms with Crippen molar-refractivity contribution in [3.8, 4) is 22.3 Å². The first-order valence-corrected chi connectivity index (χ1v) is 10.6. The highest BCUT2D eigenvalue weighted by atomic mass is 16.2. The predicted octanol–water partition coefficient (Wildman–Crippen LogP) is 4.09. The van der Waals surface area contributed by atoms with Crippen molar-refractivity contribution >= 4 is 28.5 Å². The fourth-order valence-corrected chi connectivity index (χ4v) is 4.37. The van der Waals surface area contributed by atoms with Crippen molar-refractivity contribution in [3.63, 3.8) is 0 Å². The lowest BCUT2D eigenvalue weighted by Gasteiger charge is -2.16. The number of carbonyl (C=O) groups is 2. The molecule has 0 saturated carbocycles. The topological polar surface area (TPSA) is 91.0 Å². The Labute approximate surface area is 185 Å². The molecule has 5 rings (SSSR count). The van der Waals surface area contributed by atoms with Crippen molar-refractivity contribution in [1.29, 1.82) is 0 Å². The number of nitrogens with zero attached hydrogens (tertiary/aromatic N) is 3. The number of pyridine rings is 2. The highest BCUT2D eigenvalue weighted by Crippen LogP contribution is 2.33. The fraction of sp³-hybridized carbons (Fsp3) is 0.200. The number of anilines is 1. The molecular weight excluding hydrogens is 402 g/mol. The maximum atomic E-state index is 12.2. The Bertz CT molecular complexity index is 1340. The maximum Gasteiger partial charge on any atom is 0.267 e. The van der Waals surface area contributed by atoms with E-state index in [-0.39, 0.29) is 11.8 Å². The Hall–Kier alpha value is -4.00. The minimum absolute atomic E-state index is 0.171. The molecule has 1 aliphatic heterocycles. The number of hydrogen-bond donors (Lipinski definition) is 2. The third-order valence-electron chi connectivity index (χ3n) is 6.03. The van der Waals surface area contributed by atoms with Gasteiger partial charge >= 0.3 is 0 Å². The van der Waals surface area contributed by atoms with Gasteiger partial charge in [0.05, 0.1) is 0 Å². The summed E-state index contributed by atoms with van der Waals surface area (Å²) < 4.78 is 0. The van der Waals surface area contributed by atoms with Crippen molar-refractivity contribution in [2.45, 2.75) is 19.8 Å². The second-order valence-electron chi connectivity index (χ2n) is 7.94. The molecule has 7 heteroatoms. The van der Waals surface area contributed by atoms with Crippen LogP contribution < -0.4 is 10.2 Å². The number of carbonyl (C=O) groups excluding carboxylic acids is 2. The summed E-state index contributed by atoms with van der Waals surface area (Å²) in [5.41, 5.74) is 6.88. The van der Waals surface area contributed by atoms with E-state index in [0.717, 1.165) is 51.9 Å². The summed E-state index contributed by atoms with van der Waals surface area (Å²) in [6, 6.07) is 12.1. The SMILES string of the molecule is CNC(=O)c1[nH]c2nccc(-c3cncc(-c4ccc(N5CCCC5=O)cc4)c3)c2c1C. The zero-order chi connectivity index (χ0) is 22.2. The van der Waals surface area contributed by atoms with E-state index in [2.05, 4.69) is 26.3 Å². The lowest BCUT2D eigenvalue weighted by atomic mass is 9.99. The predicted molar refractivity (Wildman–Crippen MR) is 124 cm³/mol. The van der Waals surface area contributed by atoms with Gasteiger partial charge in [0.1, 0.15) is 11.3 Å². The van der Waals surface area contributed by atoms with Crippen LogP contribution in [0, 0.1) is 6.92 Å². The maximum absolute atomic E-state index is 12.2. The van der Waals surface area contributed by atoms with Crippen LogP contribution in [0.15, 0.2) is 55.0 Å². The van der Waals surface area contributed by atoms with Gasteiger partial charge in [-0.2, -0.15) is 0 Å². The van der Waals surface area contributed by atoms with Crippen LogP contribution in [0.5, 0.6) is 0 Å². The van der Waals surface area contributed by atoms with Gasteiger partial charge in [-0.15, -0.1) is 0 Å². The number of rotatable bonds is 4. The second kappa shape index (κ2) is 7.92. The van der Waals surface area contributed by atoms with Crippen LogP contribution in [0.4, 0.5) is 5.69 Å². The summed E-state index contributed by atoms with van der Waals surface area (Å²) in [6.45, 7) is 2.70. The minimum atomic E-state index is -0.171. The molecule has 4 aromatic rings. The third kappa shape index (κ3) is 3.32. The van der Waals surface area contributed by atoms with Gasteiger partial charge in [-0.05, 0) is 54.3 Å². The van der Waals surface area contributed by atoms with E-state index in [1.807, 2.05) is 54.5 Å². The highest BCUT2D eigenvalue weighted by Gasteiger charge is 2.21. The molecule has 0 aliphatic carbocycles. The molecule has 32 heavy (non-hydrogen) atoms. The largest absolute Gasteiger partial charge is 0.354 e. The van der Waals surface area contributed by atoms with Gasteiger partial charge in [-0.3, -0.25) is 14.6 Å². The molecule has 1 fully saturated rings. The van der Waals surface area contributed by atoms with E-state index in [1.165, 1.54) is 0 Å². The first kappa shape index (κ1) is 19.9. The zero-order valence-electron chi connectivity index (χ0n) is 18.0. The molecular formula is C25H23N5O2. The van der Waals surface area contributed by atoms with Crippen LogP contribution in [-0.2, 0) is 4.79 Å². The average molecular weight is 425 g/mol. The van der Waals surface area contributed by atoms with E-state index in [0.29, 0.717) is 17.8 Å². The Morgan fingerprint density at radius 2 is 1.88 bits per heavy atom. The number of fused-ring (bicyclic) bond motifs is 1. The molecule has 0 atom stereocenters. The second-order valence-corrected chi connectivity index (χ2v) is 7.94. The summed E-state index contributed by atoms with van der Waals surface area (Å²) in [5.74, 6) is 0.0102. The van der Waals surface area contributed by atoms with Crippen molar-refractivity contribution in [1.82, 2.24) is 20.3 Å². The lowest BCUT2D eigenvalue weighted by Crippen LogP contribution is -2.23. The number of H-pyrrole nitrogens is 1. The molecule has 0 spiro atoms. The van der Waals surface area contributed by atoms with E-state index in [9.17, 15) is 9.59 Å². The number of aromatic nitrogens is 3. The molecule has 160 valence electrons. The number of nitrogens with one attached hydrogen (secondary N) is 2. The molecule has 2 amide bonds. The van der Waals surface area contributed by atoms with Gasteiger partial charge in [-0.25, -0.2) is 4.98 Å². The normalized spacial score (nSPS) is 13.7. The molecule has 7 nitrogen and oxygen atoms in total. The smallest absolute Gasteiger partial charge is 0.267 e. The van der Waals surface area contributed by atoms with Crippen LogP contribution in [0.1, 0.15) is 28.9 Å². The Morgan fingerprint density at radius 1 is 1.09 bits per heavy atom. The molecule has 1 saturated heterocycles. The molecule has 4 heterocycles.